The van der Waals surface area contributed by atoms with E-state index < -0.39 is 0 Å². The summed E-state index contributed by atoms with van der Waals surface area (Å²) in [5, 5.41) is 3.64. The quantitative estimate of drug-likeness (QED) is 0.483. The van der Waals surface area contributed by atoms with Crippen molar-refractivity contribution in [2.45, 2.75) is 112 Å². The lowest BCUT2D eigenvalue weighted by molar-refractivity contribution is -0.136. The first kappa shape index (κ1) is 26.7. The highest BCUT2D eigenvalue weighted by atomic mass is 16.5. The number of nitrogens with one attached hydrogen (secondary N) is 1. The fourth-order valence-electron chi connectivity index (χ4n) is 5.64. The average Bonchev–Trinajstić information content (AvgIpc) is 3.03. The van der Waals surface area contributed by atoms with Crippen molar-refractivity contribution < 1.29 is 14.3 Å². The normalized spacial score (nSPS) is 24.7. The van der Waals surface area contributed by atoms with Crippen LogP contribution in [0.2, 0.25) is 0 Å². The van der Waals surface area contributed by atoms with E-state index in [4.69, 9.17) is 4.74 Å². The topological polar surface area (TPSA) is 58.6 Å². The van der Waals surface area contributed by atoms with Gasteiger partial charge in [0.1, 0.15) is 0 Å². The van der Waals surface area contributed by atoms with E-state index in [1.165, 1.54) is 0 Å². The van der Waals surface area contributed by atoms with E-state index in [-0.39, 0.29) is 35.1 Å². The highest BCUT2D eigenvalue weighted by Gasteiger charge is 2.51. The molecule has 1 aliphatic heterocycles. The lowest BCUT2D eigenvalue weighted by Crippen LogP contribution is -2.56. The van der Waals surface area contributed by atoms with Crippen molar-refractivity contribution in [2.75, 3.05) is 6.54 Å². The summed E-state index contributed by atoms with van der Waals surface area (Å²) in [7, 11) is 0. The van der Waals surface area contributed by atoms with Crippen LogP contribution in [0.3, 0.4) is 0 Å². The fraction of sp³-hybridized carbons (Fsp3) is 0.724. The summed E-state index contributed by atoms with van der Waals surface area (Å²) in [6.07, 6.45) is 6.01. The van der Waals surface area contributed by atoms with Crippen LogP contribution in [-0.2, 0) is 9.53 Å². The number of ether oxygens (including phenoxy) is 1. The molecule has 2 fully saturated rings. The van der Waals surface area contributed by atoms with Crippen LogP contribution < -0.4 is 5.32 Å². The Hall–Kier alpha value is -1.88. The molecule has 1 aromatic carbocycles. The van der Waals surface area contributed by atoms with Gasteiger partial charge in [-0.3, -0.25) is 10.1 Å². The van der Waals surface area contributed by atoms with Crippen LogP contribution in [0.5, 0.6) is 0 Å². The first-order chi connectivity index (χ1) is 15.7. The van der Waals surface area contributed by atoms with Gasteiger partial charge in [0.25, 0.3) is 0 Å². The van der Waals surface area contributed by atoms with Crippen LogP contribution in [0, 0.1) is 16.7 Å². The number of esters is 1. The average molecular weight is 471 g/mol. The van der Waals surface area contributed by atoms with Gasteiger partial charge in [-0.1, -0.05) is 53.7 Å². The molecule has 0 radical (unpaired) electrons. The molecule has 1 saturated heterocycles. The van der Waals surface area contributed by atoms with E-state index in [0.29, 0.717) is 23.4 Å². The lowest BCUT2D eigenvalue weighted by atomic mass is 9.69. The summed E-state index contributed by atoms with van der Waals surface area (Å²) in [6.45, 7) is 17.9. The molecule has 0 bridgehead atoms. The number of carbonyl (C=O) groups is 2. The molecular formula is C29H46N2O3. The van der Waals surface area contributed by atoms with E-state index >= 15 is 0 Å². The van der Waals surface area contributed by atoms with Gasteiger partial charge >= 0.3 is 5.97 Å². The molecule has 1 amide bonds. The SMILES string of the molecule is CC(C)OC(=O)c1ccc(C(CCC(C)(C)C)N2C(=O)CNC23CCC(C(C)(C)C)CC3)cc1. The van der Waals surface area contributed by atoms with Gasteiger partial charge in [-0.2, -0.15) is 0 Å². The minimum absolute atomic E-state index is 0.0110. The van der Waals surface area contributed by atoms with Gasteiger partial charge in [0.05, 0.1) is 29.9 Å². The summed E-state index contributed by atoms with van der Waals surface area (Å²) in [6, 6.07) is 7.72. The molecule has 2 aliphatic rings. The highest BCUT2D eigenvalue weighted by molar-refractivity contribution is 5.89. The summed E-state index contributed by atoms with van der Waals surface area (Å²) in [5.74, 6) is 0.567. The molecule has 1 spiro atoms. The summed E-state index contributed by atoms with van der Waals surface area (Å²) >= 11 is 0. The molecule has 5 nitrogen and oxygen atoms in total. The van der Waals surface area contributed by atoms with Gasteiger partial charge in [-0.25, -0.2) is 4.79 Å². The second-order valence-corrected chi connectivity index (χ2v) is 13.0. The zero-order valence-corrected chi connectivity index (χ0v) is 22.7. The molecule has 1 unspecified atom stereocenters. The molecule has 0 aromatic heterocycles. The van der Waals surface area contributed by atoms with Crippen molar-refractivity contribution in [2.24, 2.45) is 16.7 Å². The van der Waals surface area contributed by atoms with Gasteiger partial charge in [0, 0.05) is 0 Å². The lowest BCUT2D eigenvalue weighted by Gasteiger charge is -2.49. The predicted octanol–water partition coefficient (Wildman–Crippen LogP) is 6.48. The third-order valence-corrected chi connectivity index (χ3v) is 7.69. The van der Waals surface area contributed by atoms with Crippen LogP contribution in [-0.4, -0.2) is 35.1 Å². The van der Waals surface area contributed by atoms with Crippen LogP contribution in [0.15, 0.2) is 24.3 Å². The number of rotatable bonds is 6. The Morgan fingerprint density at radius 2 is 1.68 bits per heavy atom. The smallest absolute Gasteiger partial charge is 0.338 e. The zero-order chi connectivity index (χ0) is 25.3. The predicted molar refractivity (Wildman–Crippen MR) is 137 cm³/mol. The Morgan fingerprint density at radius 3 is 2.18 bits per heavy atom. The standard InChI is InChI=1S/C29H46N2O3/c1-20(2)34-26(33)22-11-9-21(10-12-22)24(15-16-27(3,4)5)31-25(32)19-30-29(31)17-13-23(14-18-29)28(6,7)8/h9-12,20,23-24,30H,13-19H2,1-8H3. The molecular weight excluding hydrogens is 424 g/mol. The highest BCUT2D eigenvalue weighted by Crippen LogP contribution is 2.47. The monoisotopic (exact) mass is 470 g/mol. The Kier molecular flexibility index (Phi) is 7.86. The molecule has 190 valence electrons. The Labute approximate surface area is 207 Å². The second-order valence-electron chi connectivity index (χ2n) is 13.0. The maximum Gasteiger partial charge on any atom is 0.338 e. The summed E-state index contributed by atoms with van der Waals surface area (Å²) in [5.41, 5.74) is 1.85. The molecule has 1 atom stereocenters. The first-order valence-corrected chi connectivity index (χ1v) is 13.1. The van der Waals surface area contributed by atoms with Crippen LogP contribution in [0.1, 0.15) is 116 Å². The third kappa shape index (κ3) is 6.21. The number of nitrogens with zero attached hydrogens (tertiary/aromatic N) is 1. The van der Waals surface area contributed by atoms with Gasteiger partial charge in [0.15, 0.2) is 0 Å². The largest absolute Gasteiger partial charge is 0.459 e. The van der Waals surface area contributed by atoms with Gasteiger partial charge in [-0.05, 0) is 86.8 Å². The number of hydrogen-bond donors (Lipinski definition) is 1. The number of hydrogen-bond acceptors (Lipinski definition) is 4. The number of carbonyl (C=O) groups excluding carboxylic acids is 2. The van der Waals surface area contributed by atoms with Gasteiger partial charge in [0.2, 0.25) is 5.91 Å². The van der Waals surface area contributed by atoms with Crippen molar-refractivity contribution >= 4 is 11.9 Å². The fourth-order valence-corrected chi connectivity index (χ4v) is 5.64. The number of amides is 1. The molecule has 1 aromatic rings. The van der Waals surface area contributed by atoms with Gasteiger partial charge in [-0.15, -0.1) is 0 Å². The molecule has 5 heteroatoms. The molecule has 1 heterocycles. The van der Waals surface area contributed by atoms with Crippen LogP contribution in [0.25, 0.3) is 0 Å². The summed E-state index contributed by atoms with van der Waals surface area (Å²) < 4.78 is 5.36. The molecule has 3 rings (SSSR count). The molecule has 34 heavy (non-hydrogen) atoms. The Balaban J connectivity index is 1.90. The van der Waals surface area contributed by atoms with Crippen molar-refractivity contribution in [3.8, 4) is 0 Å². The number of benzene rings is 1. The maximum absolute atomic E-state index is 13.4. The molecule has 1 saturated carbocycles. The van der Waals surface area contributed by atoms with Gasteiger partial charge < -0.3 is 9.64 Å². The van der Waals surface area contributed by atoms with Crippen LogP contribution >= 0.6 is 0 Å². The second kappa shape index (κ2) is 10.0. The summed E-state index contributed by atoms with van der Waals surface area (Å²) in [4.78, 5) is 27.9. The van der Waals surface area contributed by atoms with Crippen LogP contribution in [0.4, 0.5) is 0 Å². The first-order valence-electron chi connectivity index (χ1n) is 13.1. The minimum Gasteiger partial charge on any atom is -0.459 e. The molecule has 1 aliphatic carbocycles. The van der Waals surface area contributed by atoms with Crippen molar-refractivity contribution in [1.29, 1.82) is 0 Å². The Morgan fingerprint density at radius 1 is 1.09 bits per heavy atom. The van der Waals surface area contributed by atoms with E-state index in [9.17, 15) is 9.59 Å². The van der Waals surface area contributed by atoms with Crippen molar-refractivity contribution in [1.82, 2.24) is 10.2 Å². The van der Waals surface area contributed by atoms with Crippen molar-refractivity contribution in [3.05, 3.63) is 35.4 Å². The van der Waals surface area contributed by atoms with Crippen molar-refractivity contribution in [3.63, 3.8) is 0 Å². The van der Waals surface area contributed by atoms with E-state index in [1.54, 1.807) is 0 Å². The third-order valence-electron chi connectivity index (χ3n) is 7.69. The van der Waals surface area contributed by atoms with E-state index in [0.717, 1.165) is 44.1 Å². The maximum atomic E-state index is 13.4. The zero-order valence-electron chi connectivity index (χ0n) is 22.7. The van der Waals surface area contributed by atoms with E-state index in [2.05, 4.69) is 51.8 Å². The van der Waals surface area contributed by atoms with E-state index in [1.807, 2.05) is 38.1 Å². The molecule has 1 N–H and O–H groups in total. The Bertz CT molecular complexity index is 853. The minimum atomic E-state index is -0.302.